The smallest absolute Gasteiger partial charge is 0.272 e. The number of imidazole rings is 1. The summed E-state index contributed by atoms with van der Waals surface area (Å²) < 4.78 is 2.10. The Morgan fingerprint density at radius 1 is 1.23 bits per heavy atom. The Bertz CT molecular complexity index is 925. The van der Waals surface area contributed by atoms with Crippen molar-refractivity contribution in [2.75, 3.05) is 0 Å². The van der Waals surface area contributed by atoms with E-state index in [0.29, 0.717) is 11.6 Å². The first-order valence-corrected chi connectivity index (χ1v) is 9.21. The van der Waals surface area contributed by atoms with E-state index in [4.69, 9.17) is 0 Å². The van der Waals surface area contributed by atoms with E-state index in [0.717, 1.165) is 18.5 Å². The zero-order chi connectivity index (χ0) is 17.5. The van der Waals surface area contributed by atoms with Crippen LogP contribution in [0.2, 0.25) is 0 Å². The number of aromatic nitrogens is 4. The number of amides is 1. The molecule has 2 aliphatic carbocycles. The highest BCUT2D eigenvalue weighted by Gasteiger charge is 2.33. The number of hydrogen-bond donors (Lipinski definition) is 2. The average molecular weight is 347 g/mol. The summed E-state index contributed by atoms with van der Waals surface area (Å²) in [6.45, 7) is 0. The summed E-state index contributed by atoms with van der Waals surface area (Å²) in [4.78, 5) is 17.1. The third kappa shape index (κ3) is 2.71. The Morgan fingerprint density at radius 2 is 2.12 bits per heavy atom. The number of carbonyl (C=O) groups is 1. The number of fused-ring (bicyclic) bond motifs is 1. The molecule has 132 valence electrons. The van der Waals surface area contributed by atoms with Gasteiger partial charge in [0.25, 0.3) is 5.91 Å². The zero-order valence-corrected chi connectivity index (χ0v) is 14.4. The maximum atomic E-state index is 12.9. The van der Waals surface area contributed by atoms with Gasteiger partial charge < -0.3 is 9.88 Å². The molecule has 0 unspecified atom stereocenters. The summed E-state index contributed by atoms with van der Waals surface area (Å²) in [5.74, 6) is 0.429. The first-order chi connectivity index (χ1) is 12.8. The van der Waals surface area contributed by atoms with Crippen LogP contribution in [-0.4, -0.2) is 25.7 Å². The number of hydrogen-bond acceptors (Lipinski definition) is 3. The van der Waals surface area contributed by atoms with Crippen LogP contribution in [0.1, 0.15) is 64.6 Å². The molecule has 5 rings (SSSR count). The van der Waals surface area contributed by atoms with Gasteiger partial charge in [0, 0.05) is 24.0 Å². The number of aryl methyl sites for hydroxylation is 1. The number of nitrogens with zero attached hydrogens (tertiary/aromatic N) is 3. The molecule has 6 heteroatoms. The molecule has 1 aromatic carbocycles. The predicted molar refractivity (Wildman–Crippen MR) is 96.8 cm³/mol. The summed E-state index contributed by atoms with van der Waals surface area (Å²) in [5.41, 5.74) is 4.03. The van der Waals surface area contributed by atoms with E-state index in [1.165, 1.54) is 24.0 Å². The second-order valence-corrected chi connectivity index (χ2v) is 7.25. The Hall–Kier alpha value is -2.89. The van der Waals surface area contributed by atoms with Gasteiger partial charge >= 0.3 is 0 Å². The molecule has 2 N–H and O–H groups in total. The van der Waals surface area contributed by atoms with Gasteiger partial charge in [-0.05, 0) is 42.9 Å². The molecule has 0 aliphatic heterocycles. The number of rotatable bonds is 4. The van der Waals surface area contributed by atoms with Crippen molar-refractivity contribution in [3.05, 3.63) is 71.6 Å². The molecule has 26 heavy (non-hydrogen) atoms. The van der Waals surface area contributed by atoms with Crippen molar-refractivity contribution in [3.63, 3.8) is 0 Å². The van der Waals surface area contributed by atoms with Gasteiger partial charge in [0.1, 0.15) is 5.69 Å². The fourth-order valence-electron chi connectivity index (χ4n) is 3.97. The molecule has 1 fully saturated rings. The lowest BCUT2D eigenvalue weighted by Crippen LogP contribution is -2.37. The summed E-state index contributed by atoms with van der Waals surface area (Å²) in [5, 5.41) is 10.5. The standard InChI is InChI=1S/C20H21N5O/c26-20(17-11-16(23-24-17)14-5-6-14)22-19-15-4-2-1-3-13(15)7-8-18(19)25-10-9-21-12-25/h1-4,9-12,14,18-19H,5-8H2,(H,22,26)(H,23,24)/t18-,19-/m1/s1. The highest BCUT2D eigenvalue weighted by atomic mass is 16.2. The molecule has 0 bridgehead atoms. The Balaban J connectivity index is 1.45. The summed E-state index contributed by atoms with van der Waals surface area (Å²) in [7, 11) is 0. The average Bonchev–Trinajstić information content (AvgIpc) is 3.17. The molecule has 2 heterocycles. The second kappa shape index (κ2) is 6.12. The largest absolute Gasteiger partial charge is 0.342 e. The number of carbonyl (C=O) groups excluding carboxylic acids is 1. The van der Waals surface area contributed by atoms with Crippen molar-refractivity contribution in [2.24, 2.45) is 0 Å². The van der Waals surface area contributed by atoms with Gasteiger partial charge in [-0.2, -0.15) is 5.10 Å². The van der Waals surface area contributed by atoms with Gasteiger partial charge in [-0.3, -0.25) is 9.89 Å². The maximum absolute atomic E-state index is 12.9. The lowest BCUT2D eigenvalue weighted by Gasteiger charge is -2.34. The van der Waals surface area contributed by atoms with Gasteiger partial charge in [-0.15, -0.1) is 0 Å². The van der Waals surface area contributed by atoms with E-state index < -0.39 is 0 Å². The highest BCUT2D eigenvalue weighted by Crippen LogP contribution is 2.40. The van der Waals surface area contributed by atoms with E-state index in [1.807, 2.05) is 24.7 Å². The van der Waals surface area contributed by atoms with E-state index in [9.17, 15) is 4.79 Å². The van der Waals surface area contributed by atoms with Crippen LogP contribution >= 0.6 is 0 Å². The normalized spacial score (nSPS) is 22.0. The molecule has 2 aromatic heterocycles. The van der Waals surface area contributed by atoms with Crippen molar-refractivity contribution < 1.29 is 4.79 Å². The lowest BCUT2D eigenvalue weighted by atomic mass is 9.83. The van der Waals surface area contributed by atoms with Gasteiger partial charge in [-0.1, -0.05) is 24.3 Å². The summed E-state index contributed by atoms with van der Waals surface area (Å²) in [6, 6.07) is 10.3. The minimum absolute atomic E-state index is 0.0947. The van der Waals surface area contributed by atoms with Crippen molar-refractivity contribution in [2.45, 2.75) is 43.7 Å². The fourth-order valence-corrected chi connectivity index (χ4v) is 3.97. The number of nitrogens with one attached hydrogen (secondary N) is 2. The van der Waals surface area contributed by atoms with E-state index in [1.54, 1.807) is 6.20 Å². The van der Waals surface area contributed by atoms with Crippen LogP contribution in [0.4, 0.5) is 0 Å². The number of benzene rings is 1. The van der Waals surface area contributed by atoms with Gasteiger partial charge in [0.05, 0.1) is 18.4 Å². The van der Waals surface area contributed by atoms with E-state index >= 15 is 0 Å². The number of aromatic amines is 1. The first kappa shape index (κ1) is 15.4. The lowest BCUT2D eigenvalue weighted by molar-refractivity contribution is 0.0913. The SMILES string of the molecule is O=C(N[C@@H]1c2ccccc2CC[C@H]1n1ccnc1)c1cc(C2CC2)[nH]n1. The molecule has 0 radical (unpaired) electrons. The molecule has 2 atom stereocenters. The van der Waals surface area contributed by atoms with Crippen LogP contribution < -0.4 is 5.32 Å². The van der Waals surface area contributed by atoms with Crippen molar-refractivity contribution >= 4 is 5.91 Å². The molecule has 1 saturated carbocycles. The Morgan fingerprint density at radius 3 is 2.92 bits per heavy atom. The van der Waals surface area contributed by atoms with Crippen LogP contribution in [0.15, 0.2) is 49.1 Å². The molecule has 6 nitrogen and oxygen atoms in total. The molecule has 1 amide bonds. The Kier molecular flexibility index (Phi) is 3.62. The minimum Gasteiger partial charge on any atom is -0.342 e. The highest BCUT2D eigenvalue weighted by molar-refractivity contribution is 5.92. The van der Waals surface area contributed by atoms with Crippen molar-refractivity contribution in [1.29, 1.82) is 0 Å². The molecule has 0 spiro atoms. The van der Waals surface area contributed by atoms with Crippen LogP contribution in [0, 0.1) is 0 Å². The van der Waals surface area contributed by atoms with Crippen LogP contribution in [0.5, 0.6) is 0 Å². The van der Waals surface area contributed by atoms with Crippen molar-refractivity contribution in [1.82, 2.24) is 25.1 Å². The molecule has 3 aromatic rings. The molecular weight excluding hydrogens is 326 g/mol. The third-order valence-corrected chi connectivity index (χ3v) is 5.53. The topological polar surface area (TPSA) is 75.6 Å². The van der Waals surface area contributed by atoms with Crippen molar-refractivity contribution in [3.8, 4) is 0 Å². The van der Waals surface area contributed by atoms with Gasteiger partial charge in [0.2, 0.25) is 0 Å². The fraction of sp³-hybridized carbons (Fsp3) is 0.350. The second-order valence-electron chi connectivity index (χ2n) is 7.25. The summed E-state index contributed by atoms with van der Waals surface area (Å²) >= 11 is 0. The maximum Gasteiger partial charge on any atom is 0.272 e. The third-order valence-electron chi connectivity index (χ3n) is 5.53. The molecule has 0 saturated heterocycles. The Labute approximate surface area is 151 Å². The van der Waals surface area contributed by atoms with Crippen LogP contribution in [-0.2, 0) is 6.42 Å². The van der Waals surface area contributed by atoms with Crippen LogP contribution in [0.3, 0.4) is 0 Å². The summed E-state index contributed by atoms with van der Waals surface area (Å²) in [6.07, 6.45) is 9.92. The quantitative estimate of drug-likeness (QED) is 0.761. The van der Waals surface area contributed by atoms with Gasteiger partial charge in [-0.25, -0.2) is 4.98 Å². The van der Waals surface area contributed by atoms with E-state index in [-0.39, 0.29) is 18.0 Å². The zero-order valence-electron chi connectivity index (χ0n) is 14.4. The van der Waals surface area contributed by atoms with Gasteiger partial charge in [0.15, 0.2) is 0 Å². The molecular formula is C20H21N5O. The van der Waals surface area contributed by atoms with Crippen LogP contribution in [0.25, 0.3) is 0 Å². The predicted octanol–water partition coefficient (Wildman–Crippen LogP) is 3.14. The number of H-pyrrole nitrogens is 1. The van der Waals surface area contributed by atoms with E-state index in [2.05, 4.69) is 43.3 Å². The minimum atomic E-state index is -0.125. The molecule has 2 aliphatic rings. The monoisotopic (exact) mass is 347 g/mol. The first-order valence-electron chi connectivity index (χ1n) is 9.21.